The van der Waals surface area contributed by atoms with E-state index in [4.69, 9.17) is 22.1 Å². The first-order chi connectivity index (χ1) is 9.11. The fourth-order valence-electron chi connectivity index (χ4n) is 2.20. The van der Waals surface area contributed by atoms with Gasteiger partial charge >= 0.3 is 0 Å². The predicted octanol–water partition coefficient (Wildman–Crippen LogP) is 1.81. The van der Waals surface area contributed by atoms with Crippen molar-refractivity contribution in [3.05, 3.63) is 29.0 Å². The van der Waals surface area contributed by atoms with Gasteiger partial charge in [-0.05, 0) is 25.0 Å². The van der Waals surface area contributed by atoms with Crippen LogP contribution in [-0.2, 0) is 4.79 Å². The molecule has 1 aliphatic heterocycles. The zero-order valence-corrected chi connectivity index (χ0v) is 11.2. The second kappa shape index (κ2) is 6.21. The molecule has 1 aromatic carbocycles. The molecule has 6 heteroatoms. The van der Waals surface area contributed by atoms with Crippen LogP contribution in [0.2, 0.25) is 5.02 Å². The third kappa shape index (κ3) is 3.36. The zero-order valence-electron chi connectivity index (χ0n) is 10.4. The van der Waals surface area contributed by atoms with Crippen LogP contribution in [0, 0.1) is 5.82 Å². The van der Waals surface area contributed by atoms with Crippen molar-refractivity contribution in [3.8, 4) is 5.75 Å². The zero-order chi connectivity index (χ0) is 13.8. The molecule has 2 N–H and O–H groups in total. The summed E-state index contributed by atoms with van der Waals surface area (Å²) in [5.74, 6) is -0.236. The van der Waals surface area contributed by atoms with E-state index in [0.29, 0.717) is 18.8 Å². The molecule has 1 aliphatic rings. The summed E-state index contributed by atoms with van der Waals surface area (Å²) in [5, 5.41) is -0.0223. The van der Waals surface area contributed by atoms with E-state index in [2.05, 4.69) is 0 Å². The van der Waals surface area contributed by atoms with Crippen molar-refractivity contribution < 1.29 is 13.9 Å². The number of nitrogens with two attached hydrogens (primary N) is 1. The van der Waals surface area contributed by atoms with Crippen molar-refractivity contribution in [1.82, 2.24) is 4.90 Å². The quantitative estimate of drug-likeness (QED) is 0.918. The summed E-state index contributed by atoms with van der Waals surface area (Å²) in [4.78, 5) is 13.7. The average molecular weight is 287 g/mol. The Morgan fingerprint density at radius 2 is 2.37 bits per heavy atom. The summed E-state index contributed by atoms with van der Waals surface area (Å²) in [6.07, 6.45) is 1.90. The number of nitrogens with zero attached hydrogens (tertiary/aromatic N) is 1. The molecule has 19 heavy (non-hydrogen) atoms. The van der Waals surface area contributed by atoms with Crippen LogP contribution in [0.15, 0.2) is 18.2 Å². The number of carbonyl (C=O) groups is 1. The summed E-state index contributed by atoms with van der Waals surface area (Å²) in [5.41, 5.74) is 5.61. The topological polar surface area (TPSA) is 55.6 Å². The van der Waals surface area contributed by atoms with Crippen molar-refractivity contribution >= 4 is 17.5 Å². The average Bonchev–Trinajstić information content (AvgIpc) is 2.88. The van der Waals surface area contributed by atoms with E-state index in [1.807, 2.05) is 0 Å². The summed E-state index contributed by atoms with van der Waals surface area (Å²) in [6, 6.07) is 4.11. The van der Waals surface area contributed by atoms with Gasteiger partial charge in [0, 0.05) is 25.2 Å². The van der Waals surface area contributed by atoms with E-state index in [1.165, 1.54) is 18.2 Å². The smallest absolute Gasteiger partial charge is 0.260 e. The number of likely N-dealkylation sites (tertiary alicyclic amines) is 1. The van der Waals surface area contributed by atoms with Gasteiger partial charge in [-0.3, -0.25) is 4.79 Å². The third-order valence-corrected chi connectivity index (χ3v) is 3.51. The largest absolute Gasteiger partial charge is 0.484 e. The SMILES string of the molecule is NCC1CCCN1C(=O)COc1ccc(F)c(Cl)c1. The highest BCUT2D eigenvalue weighted by Crippen LogP contribution is 2.21. The third-order valence-electron chi connectivity index (χ3n) is 3.22. The Morgan fingerprint density at radius 3 is 3.05 bits per heavy atom. The minimum Gasteiger partial charge on any atom is -0.484 e. The number of benzene rings is 1. The fourth-order valence-corrected chi connectivity index (χ4v) is 2.37. The molecule has 2 rings (SSSR count). The van der Waals surface area contributed by atoms with Crippen LogP contribution >= 0.6 is 11.6 Å². The minimum absolute atomic E-state index is 0.0223. The second-order valence-electron chi connectivity index (χ2n) is 4.48. The summed E-state index contributed by atoms with van der Waals surface area (Å²) in [6.45, 7) is 1.10. The van der Waals surface area contributed by atoms with E-state index in [9.17, 15) is 9.18 Å². The maximum absolute atomic E-state index is 13.0. The highest BCUT2D eigenvalue weighted by molar-refractivity contribution is 6.30. The van der Waals surface area contributed by atoms with Crippen molar-refractivity contribution in [1.29, 1.82) is 0 Å². The van der Waals surface area contributed by atoms with Gasteiger partial charge in [-0.1, -0.05) is 11.6 Å². The Morgan fingerprint density at radius 1 is 1.58 bits per heavy atom. The van der Waals surface area contributed by atoms with E-state index in [1.54, 1.807) is 4.90 Å². The molecule has 0 saturated carbocycles. The molecule has 0 bridgehead atoms. The lowest BCUT2D eigenvalue weighted by molar-refractivity contribution is -0.134. The van der Waals surface area contributed by atoms with Crippen molar-refractivity contribution in [2.24, 2.45) is 5.73 Å². The fraction of sp³-hybridized carbons (Fsp3) is 0.462. The van der Waals surface area contributed by atoms with Gasteiger partial charge in [0.2, 0.25) is 0 Å². The number of amides is 1. The number of carbonyl (C=O) groups excluding carboxylic acids is 1. The molecular weight excluding hydrogens is 271 g/mol. The van der Waals surface area contributed by atoms with Gasteiger partial charge in [-0.2, -0.15) is 0 Å². The van der Waals surface area contributed by atoms with Crippen LogP contribution < -0.4 is 10.5 Å². The number of hydrogen-bond donors (Lipinski definition) is 1. The molecule has 1 heterocycles. The molecule has 0 spiro atoms. The number of halogens is 2. The number of rotatable bonds is 4. The first kappa shape index (κ1) is 14.1. The van der Waals surface area contributed by atoms with Crippen LogP contribution in [0.1, 0.15) is 12.8 Å². The van der Waals surface area contributed by atoms with E-state index < -0.39 is 5.82 Å². The maximum Gasteiger partial charge on any atom is 0.260 e. The Hall–Kier alpha value is -1.33. The summed E-state index contributed by atoms with van der Waals surface area (Å²) >= 11 is 5.63. The highest BCUT2D eigenvalue weighted by Gasteiger charge is 2.27. The minimum atomic E-state index is -0.511. The first-order valence-electron chi connectivity index (χ1n) is 6.19. The summed E-state index contributed by atoms with van der Waals surface area (Å²) < 4.78 is 18.3. The molecule has 0 aliphatic carbocycles. The molecule has 0 radical (unpaired) electrons. The van der Waals surface area contributed by atoms with E-state index >= 15 is 0 Å². The Bertz CT molecular complexity index is 470. The molecule has 1 saturated heterocycles. The van der Waals surface area contributed by atoms with Gasteiger partial charge in [0.15, 0.2) is 6.61 Å². The van der Waals surface area contributed by atoms with Gasteiger partial charge in [0.1, 0.15) is 11.6 Å². The first-order valence-corrected chi connectivity index (χ1v) is 6.57. The number of ether oxygens (including phenoxy) is 1. The standard InChI is InChI=1S/C13H16ClFN2O2/c14-11-6-10(3-4-12(11)15)19-8-13(18)17-5-1-2-9(17)7-16/h3-4,6,9H,1-2,5,7-8,16H2. The highest BCUT2D eigenvalue weighted by atomic mass is 35.5. The molecule has 0 aromatic heterocycles. The van der Waals surface area contributed by atoms with Gasteiger partial charge in [-0.15, -0.1) is 0 Å². The number of hydrogen-bond acceptors (Lipinski definition) is 3. The second-order valence-corrected chi connectivity index (χ2v) is 4.89. The molecule has 4 nitrogen and oxygen atoms in total. The molecule has 104 valence electrons. The van der Waals surface area contributed by atoms with Gasteiger partial charge in [-0.25, -0.2) is 4.39 Å². The van der Waals surface area contributed by atoms with Crippen molar-refractivity contribution in [2.75, 3.05) is 19.7 Å². The lowest BCUT2D eigenvalue weighted by atomic mass is 10.2. The van der Waals surface area contributed by atoms with Crippen LogP contribution in [0.25, 0.3) is 0 Å². The van der Waals surface area contributed by atoms with E-state index in [0.717, 1.165) is 12.8 Å². The van der Waals surface area contributed by atoms with Gasteiger partial charge in [0.25, 0.3) is 5.91 Å². The summed E-state index contributed by atoms with van der Waals surface area (Å²) in [7, 11) is 0. The Labute approximate surface area is 116 Å². The molecule has 1 aromatic rings. The lowest BCUT2D eigenvalue weighted by Gasteiger charge is -2.23. The van der Waals surface area contributed by atoms with E-state index in [-0.39, 0.29) is 23.6 Å². The predicted molar refractivity (Wildman–Crippen MR) is 70.7 cm³/mol. The Kier molecular flexibility index (Phi) is 4.61. The van der Waals surface area contributed by atoms with Gasteiger partial charge in [0.05, 0.1) is 5.02 Å². The van der Waals surface area contributed by atoms with Crippen molar-refractivity contribution in [2.45, 2.75) is 18.9 Å². The molecule has 1 fully saturated rings. The maximum atomic E-state index is 13.0. The molecule has 1 amide bonds. The normalized spacial score (nSPS) is 18.7. The van der Waals surface area contributed by atoms with Crippen LogP contribution in [-0.4, -0.2) is 36.5 Å². The monoisotopic (exact) mass is 286 g/mol. The van der Waals surface area contributed by atoms with Crippen LogP contribution in [0.5, 0.6) is 5.75 Å². The van der Waals surface area contributed by atoms with Crippen molar-refractivity contribution in [3.63, 3.8) is 0 Å². The lowest BCUT2D eigenvalue weighted by Crippen LogP contribution is -2.42. The van der Waals surface area contributed by atoms with Crippen LogP contribution in [0.4, 0.5) is 4.39 Å². The van der Waals surface area contributed by atoms with Crippen LogP contribution in [0.3, 0.4) is 0 Å². The Balaban J connectivity index is 1.91. The van der Waals surface area contributed by atoms with Gasteiger partial charge < -0.3 is 15.4 Å². The molecule has 1 atom stereocenters. The molecule has 1 unspecified atom stereocenters. The molecular formula is C13H16ClFN2O2.